The number of anilines is 1. The third-order valence-corrected chi connectivity index (χ3v) is 6.05. The highest BCUT2D eigenvalue weighted by Gasteiger charge is 2.49. The summed E-state index contributed by atoms with van der Waals surface area (Å²) >= 11 is 0. The first kappa shape index (κ1) is 18.8. The molecule has 2 bridgehead atoms. The molecular formula is C23H25N5O2. The van der Waals surface area contributed by atoms with E-state index in [-0.39, 0.29) is 24.0 Å². The van der Waals surface area contributed by atoms with E-state index in [1.165, 1.54) is 0 Å². The Balaban J connectivity index is 1.38. The minimum absolute atomic E-state index is 0.0384. The Labute approximate surface area is 175 Å². The Kier molecular flexibility index (Phi) is 4.73. The molecule has 3 atom stereocenters. The van der Waals surface area contributed by atoms with Crippen molar-refractivity contribution in [1.82, 2.24) is 19.9 Å². The van der Waals surface area contributed by atoms with Gasteiger partial charge in [-0.05, 0) is 57.4 Å². The van der Waals surface area contributed by atoms with E-state index in [1.54, 1.807) is 6.20 Å². The minimum atomic E-state index is -0.0384. The molecule has 4 heterocycles. The molecule has 0 aliphatic carbocycles. The zero-order valence-electron chi connectivity index (χ0n) is 17.2. The normalized spacial score (nSPS) is 22.5. The summed E-state index contributed by atoms with van der Waals surface area (Å²) in [5, 5.41) is 3.53. The lowest BCUT2D eigenvalue weighted by Crippen LogP contribution is -2.40. The van der Waals surface area contributed by atoms with Gasteiger partial charge in [0.25, 0.3) is 5.91 Å². The number of amides is 1. The number of hydrogen-bond acceptors (Lipinski definition) is 6. The van der Waals surface area contributed by atoms with Gasteiger partial charge < -0.3 is 15.0 Å². The number of pyridine rings is 1. The summed E-state index contributed by atoms with van der Waals surface area (Å²) in [5.74, 6) is 1.27. The Morgan fingerprint density at radius 1 is 1.17 bits per heavy atom. The number of aryl methyl sites for hydroxylation is 1. The van der Waals surface area contributed by atoms with Crippen LogP contribution in [0.4, 0.5) is 5.82 Å². The zero-order chi connectivity index (χ0) is 20.7. The maximum atomic E-state index is 13.5. The van der Waals surface area contributed by atoms with Gasteiger partial charge in [-0.3, -0.25) is 9.78 Å². The van der Waals surface area contributed by atoms with Crippen LogP contribution in [0.5, 0.6) is 5.75 Å². The predicted octanol–water partition coefficient (Wildman–Crippen LogP) is 3.59. The SMILES string of the molecule is CCOc1ccc(C)nc1C(=O)N1C2CCC1C(Nc1cnc3ccccc3n1)C2. The van der Waals surface area contributed by atoms with Gasteiger partial charge in [0, 0.05) is 11.7 Å². The number of nitrogens with one attached hydrogen (secondary N) is 1. The first-order valence-corrected chi connectivity index (χ1v) is 10.6. The third kappa shape index (κ3) is 3.24. The topological polar surface area (TPSA) is 80.2 Å². The largest absolute Gasteiger partial charge is 0.491 e. The molecule has 1 N–H and O–H groups in total. The van der Waals surface area contributed by atoms with Crippen LogP contribution in [0.25, 0.3) is 11.0 Å². The van der Waals surface area contributed by atoms with Crippen LogP contribution in [0.2, 0.25) is 0 Å². The van der Waals surface area contributed by atoms with Crippen LogP contribution < -0.4 is 10.1 Å². The number of carbonyl (C=O) groups excluding carboxylic acids is 1. The molecule has 0 radical (unpaired) electrons. The number of para-hydroxylation sites is 2. The summed E-state index contributed by atoms with van der Waals surface area (Å²) in [6, 6.07) is 12.0. The predicted molar refractivity (Wildman–Crippen MR) is 115 cm³/mol. The second kappa shape index (κ2) is 7.55. The van der Waals surface area contributed by atoms with Crippen molar-refractivity contribution in [2.75, 3.05) is 11.9 Å². The van der Waals surface area contributed by atoms with Gasteiger partial charge in [-0.15, -0.1) is 0 Å². The molecule has 0 saturated carbocycles. The van der Waals surface area contributed by atoms with E-state index in [1.807, 2.05) is 55.1 Å². The van der Waals surface area contributed by atoms with E-state index < -0.39 is 0 Å². The highest BCUT2D eigenvalue weighted by molar-refractivity contribution is 5.96. The van der Waals surface area contributed by atoms with Crippen LogP contribution >= 0.6 is 0 Å². The summed E-state index contributed by atoms with van der Waals surface area (Å²) < 4.78 is 5.68. The lowest BCUT2D eigenvalue weighted by molar-refractivity contribution is 0.0716. The molecule has 7 nitrogen and oxygen atoms in total. The number of fused-ring (bicyclic) bond motifs is 3. The van der Waals surface area contributed by atoms with Crippen molar-refractivity contribution >= 4 is 22.8 Å². The molecule has 2 aliphatic rings. The lowest BCUT2D eigenvalue weighted by atomic mass is 9.95. The van der Waals surface area contributed by atoms with Crippen molar-refractivity contribution in [2.45, 2.75) is 51.2 Å². The fourth-order valence-corrected chi connectivity index (χ4v) is 4.77. The Morgan fingerprint density at radius 3 is 2.83 bits per heavy atom. The standard InChI is InChI=1S/C23H25N5O2/c1-3-30-20-11-8-14(2)25-22(20)23(29)28-15-9-10-19(28)18(12-15)27-21-13-24-16-6-4-5-7-17(16)26-21/h4-8,11,13,15,18-19H,3,9-10,12H2,1-2H3,(H,26,27). The maximum Gasteiger partial charge on any atom is 0.276 e. The number of carbonyl (C=O) groups is 1. The number of aromatic nitrogens is 3. The molecule has 30 heavy (non-hydrogen) atoms. The molecule has 2 aromatic heterocycles. The van der Waals surface area contributed by atoms with Gasteiger partial charge in [-0.2, -0.15) is 0 Å². The second-order valence-corrected chi connectivity index (χ2v) is 7.97. The molecule has 3 unspecified atom stereocenters. The first-order chi connectivity index (χ1) is 14.6. The van der Waals surface area contributed by atoms with Gasteiger partial charge in [0.05, 0.1) is 35.9 Å². The number of rotatable bonds is 5. The monoisotopic (exact) mass is 403 g/mol. The Morgan fingerprint density at radius 2 is 2.00 bits per heavy atom. The van der Waals surface area contributed by atoms with E-state index in [2.05, 4.69) is 15.3 Å². The maximum absolute atomic E-state index is 13.5. The first-order valence-electron chi connectivity index (χ1n) is 10.6. The van der Waals surface area contributed by atoms with Crippen molar-refractivity contribution in [3.8, 4) is 5.75 Å². The van der Waals surface area contributed by atoms with E-state index in [0.29, 0.717) is 18.1 Å². The Bertz CT molecular complexity index is 1100. The molecule has 2 fully saturated rings. The van der Waals surface area contributed by atoms with E-state index in [9.17, 15) is 4.79 Å². The molecule has 1 amide bonds. The van der Waals surface area contributed by atoms with E-state index >= 15 is 0 Å². The molecule has 1 aromatic carbocycles. The fourth-order valence-electron chi connectivity index (χ4n) is 4.77. The van der Waals surface area contributed by atoms with Crippen molar-refractivity contribution in [2.24, 2.45) is 0 Å². The molecule has 7 heteroatoms. The molecule has 2 aliphatic heterocycles. The smallest absolute Gasteiger partial charge is 0.276 e. The number of ether oxygens (including phenoxy) is 1. The van der Waals surface area contributed by atoms with Gasteiger partial charge in [0.15, 0.2) is 11.4 Å². The highest BCUT2D eigenvalue weighted by atomic mass is 16.5. The summed E-state index contributed by atoms with van der Waals surface area (Å²) in [4.78, 5) is 29.2. The summed E-state index contributed by atoms with van der Waals surface area (Å²) in [7, 11) is 0. The molecule has 2 saturated heterocycles. The van der Waals surface area contributed by atoms with Gasteiger partial charge in [0.2, 0.25) is 0 Å². The van der Waals surface area contributed by atoms with Crippen LogP contribution in [0.15, 0.2) is 42.6 Å². The average molecular weight is 403 g/mol. The third-order valence-electron chi connectivity index (χ3n) is 6.05. The summed E-state index contributed by atoms with van der Waals surface area (Å²) in [5.41, 5.74) is 2.97. The quantitative estimate of drug-likeness (QED) is 0.701. The molecule has 3 aromatic rings. The lowest BCUT2D eigenvalue weighted by Gasteiger charge is -2.25. The molecule has 154 valence electrons. The highest BCUT2D eigenvalue weighted by Crippen LogP contribution is 2.40. The Hall–Kier alpha value is -3.22. The molecule has 0 spiro atoms. The van der Waals surface area contributed by atoms with Crippen LogP contribution in [0.3, 0.4) is 0 Å². The van der Waals surface area contributed by atoms with E-state index in [0.717, 1.165) is 41.8 Å². The number of hydrogen-bond donors (Lipinski definition) is 1. The second-order valence-electron chi connectivity index (χ2n) is 7.97. The number of nitrogens with zero attached hydrogens (tertiary/aromatic N) is 4. The van der Waals surface area contributed by atoms with Crippen molar-refractivity contribution < 1.29 is 9.53 Å². The van der Waals surface area contributed by atoms with Crippen molar-refractivity contribution in [3.63, 3.8) is 0 Å². The van der Waals surface area contributed by atoms with E-state index in [4.69, 9.17) is 9.72 Å². The van der Waals surface area contributed by atoms with Crippen LogP contribution in [0.1, 0.15) is 42.4 Å². The number of benzene rings is 1. The van der Waals surface area contributed by atoms with Gasteiger partial charge in [-0.25, -0.2) is 9.97 Å². The summed E-state index contributed by atoms with van der Waals surface area (Å²) in [6.07, 6.45) is 4.68. The molecular weight excluding hydrogens is 378 g/mol. The minimum Gasteiger partial charge on any atom is -0.491 e. The van der Waals surface area contributed by atoms with Crippen LogP contribution in [-0.2, 0) is 0 Å². The van der Waals surface area contributed by atoms with Gasteiger partial charge in [-0.1, -0.05) is 12.1 Å². The average Bonchev–Trinajstić information content (AvgIpc) is 3.32. The van der Waals surface area contributed by atoms with Gasteiger partial charge in [0.1, 0.15) is 5.82 Å². The van der Waals surface area contributed by atoms with Crippen LogP contribution in [0, 0.1) is 6.92 Å². The van der Waals surface area contributed by atoms with Gasteiger partial charge >= 0.3 is 0 Å². The van der Waals surface area contributed by atoms with Crippen molar-refractivity contribution in [3.05, 3.63) is 54.0 Å². The summed E-state index contributed by atoms with van der Waals surface area (Å²) in [6.45, 7) is 4.31. The molecule has 5 rings (SSSR count). The fraction of sp³-hybridized carbons (Fsp3) is 0.391. The van der Waals surface area contributed by atoms with Crippen molar-refractivity contribution in [1.29, 1.82) is 0 Å². The zero-order valence-corrected chi connectivity index (χ0v) is 17.2. The van der Waals surface area contributed by atoms with Crippen LogP contribution in [-0.4, -0.2) is 50.5 Å².